The molecule has 3 rings (SSSR count). The van der Waals surface area contributed by atoms with E-state index < -0.39 is 5.97 Å². The highest BCUT2D eigenvalue weighted by Gasteiger charge is 2.24. The molecule has 1 atom stereocenters. The number of piperidine rings is 1. The normalized spacial score (nSPS) is 18.9. The molecule has 2 heterocycles. The molecule has 1 aromatic carbocycles. The minimum absolute atomic E-state index is 0.277. The Labute approximate surface area is 124 Å². The molecule has 1 saturated heterocycles. The maximum absolute atomic E-state index is 11.4. The van der Waals surface area contributed by atoms with Gasteiger partial charge in [-0.05, 0) is 25.7 Å². The molecule has 0 radical (unpaired) electrons. The van der Waals surface area contributed by atoms with E-state index in [1.54, 1.807) is 0 Å². The lowest BCUT2D eigenvalue weighted by Gasteiger charge is -2.37. The summed E-state index contributed by atoms with van der Waals surface area (Å²) in [5, 5.41) is 11.0. The summed E-state index contributed by atoms with van der Waals surface area (Å²) in [6, 6.07) is 8.18. The predicted molar refractivity (Wildman–Crippen MR) is 84.0 cm³/mol. The van der Waals surface area contributed by atoms with Crippen LogP contribution in [0.15, 0.2) is 30.5 Å². The first kappa shape index (κ1) is 13.9. The Morgan fingerprint density at radius 3 is 2.81 bits per heavy atom. The standard InChI is InChI=1S/C17H20N2O2/c1-2-12-7-5-6-10-19(12)16-14-9-4-3-8-13(14)15(11-18-16)17(20)21/h3-4,8-9,11-12H,2,5-7,10H2,1H3,(H,20,21). The number of rotatable bonds is 3. The number of aromatic carboxylic acids is 1. The van der Waals surface area contributed by atoms with E-state index in [0.717, 1.165) is 29.6 Å². The summed E-state index contributed by atoms with van der Waals surface area (Å²) in [5.74, 6) is 0.0121. The Hall–Kier alpha value is -2.10. The fourth-order valence-corrected chi connectivity index (χ4v) is 3.28. The van der Waals surface area contributed by atoms with Crippen LogP contribution < -0.4 is 4.90 Å². The SMILES string of the molecule is CCC1CCCCN1c1ncc(C(=O)O)c2ccccc12. The second-order valence-electron chi connectivity index (χ2n) is 5.60. The molecule has 0 spiro atoms. The predicted octanol–water partition coefficient (Wildman–Crippen LogP) is 3.70. The molecule has 1 aliphatic rings. The van der Waals surface area contributed by atoms with Crippen molar-refractivity contribution in [2.24, 2.45) is 0 Å². The van der Waals surface area contributed by atoms with Crippen LogP contribution in [0.2, 0.25) is 0 Å². The van der Waals surface area contributed by atoms with Crippen LogP contribution >= 0.6 is 0 Å². The maximum atomic E-state index is 11.4. The van der Waals surface area contributed by atoms with Crippen molar-refractivity contribution in [1.82, 2.24) is 4.98 Å². The number of hydrogen-bond donors (Lipinski definition) is 1. The summed E-state index contributed by atoms with van der Waals surface area (Å²) in [6.45, 7) is 3.21. The number of aromatic nitrogens is 1. The lowest BCUT2D eigenvalue weighted by Crippen LogP contribution is -2.39. The first-order chi connectivity index (χ1) is 10.2. The van der Waals surface area contributed by atoms with Gasteiger partial charge in [-0.15, -0.1) is 0 Å². The summed E-state index contributed by atoms with van der Waals surface area (Å²) in [4.78, 5) is 18.2. The quantitative estimate of drug-likeness (QED) is 0.933. The molecular formula is C17H20N2O2. The minimum Gasteiger partial charge on any atom is -0.478 e. The summed E-state index contributed by atoms with van der Waals surface area (Å²) >= 11 is 0. The maximum Gasteiger partial charge on any atom is 0.337 e. The molecule has 0 saturated carbocycles. The van der Waals surface area contributed by atoms with Gasteiger partial charge in [-0.2, -0.15) is 0 Å². The zero-order valence-electron chi connectivity index (χ0n) is 12.2. The highest BCUT2D eigenvalue weighted by atomic mass is 16.4. The van der Waals surface area contributed by atoms with E-state index in [4.69, 9.17) is 0 Å². The van der Waals surface area contributed by atoms with Gasteiger partial charge in [0.2, 0.25) is 0 Å². The fourth-order valence-electron chi connectivity index (χ4n) is 3.28. The summed E-state index contributed by atoms with van der Waals surface area (Å²) < 4.78 is 0. The number of carboxylic acids is 1. The van der Waals surface area contributed by atoms with Gasteiger partial charge in [0, 0.05) is 29.6 Å². The first-order valence-corrected chi connectivity index (χ1v) is 7.60. The number of fused-ring (bicyclic) bond motifs is 1. The molecule has 4 nitrogen and oxygen atoms in total. The minimum atomic E-state index is -0.920. The molecule has 110 valence electrons. The molecule has 2 aromatic rings. The van der Waals surface area contributed by atoms with Crippen molar-refractivity contribution in [2.45, 2.75) is 38.6 Å². The third kappa shape index (κ3) is 2.46. The lowest BCUT2D eigenvalue weighted by molar-refractivity contribution is 0.0698. The van der Waals surface area contributed by atoms with Crippen molar-refractivity contribution in [1.29, 1.82) is 0 Å². The van der Waals surface area contributed by atoms with Gasteiger partial charge in [-0.3, -0.25) is 0 Å². The monoisotopic (exact) mass is 284 g/mol. The van der Waals surface area contributed by atoms with E-state index >= 15 is 0 Å². The summed E-state index contributed by atoms with van der Waals surface area (Å²) in [7, 11) is 0. The number of benzene rings is 1. The second kappa shape index (κ2) is 5.72. The van der Waals surface area contributed by atoms with E-state index in [1.165, 1.54) is 25.5 Å². The van der Waals surface area contributed by atoms with Gasteiger partial charge in [0.05, 0.1) is 5.56 Å². The topological polar surface area (TPSA) is 53.4 Å². The summed E-state index contributed by atoms with van der Waals surface area (Å²) in [5.41, 5.74) is 0.277. The Morgan fingerprint density at radius 1 is 1.33 bits per heavy atom. The van der Waals surface area contributed by atoms with E-state index in [2.05, 4.69) is 16.8 Å². The molecule has 1 unspecified atom stereocenters. The molecule has 1 N–H and O–H groups in total. The van der Waals surface area contributed by atoms with Gasteiger partial charge in [0.1, 0.15) is 5.82 Å². The average molecular weight is 284 g/mol. The zero-order chi connectivity index (χ0) is 14.8. The van der Waals surface area contributed by atoms with Gasteiger partial charge >= 0.3 is 5.97 Å². The van der Waals surface area contributed by atoms with Crippen LogP contribution in [0, 0.1) is 0 Å². The molecule has 0 aliphatic carbocycles. The highest BCUT2D eigenvalue weighted by Crippen LogP contribution is 2.32. The Balaban J connectivity index is 2.15. The molecule has 4 heteroatoms. The third-order valence-electron chi connectivity index (χ3n) is 4.37. The van der Waals surface area contributed by atoms with Gasteiger partial charge < -0.3 is 10.0 Å². The van der Waals surface area contributed by atoms with Crippen LogP contribution in [0.25, 0.3) is 10.8 Å². The largest absolute Gasteiger partial charge is 0.478 e. The third-order valence-corrected chi connectivity index (χ3v) is 4.37. The number of anilines is 1. The molecule has 0 bridgehead atoms. The van der Waals surface area contributed by atoms with Crippen LogP contribution in [-0.2, 0) is 0 Å². The van der Waals surface area contributed by atoms with E-state index in [0.29, 0.717) is 6.04 Å². The van der Waals surface area contributed by atoms with Crippen LogP contribution in [0.4, 0.5) is 5.82 Å². The number of pyridine rings is 1. The van der Waals surface area contributed by atoms with Crippen LogP contribution in [0.3, 0.4) is 0 Å². The Bertz CT molecular complexity index is 669. The van der Waals surface area contributed by atoms with Gasteiger partial charge in [0.15, 0.2) is 0 Å². The van der Waals surface area contributed by atoms with Crippen LogP contribution in [0.5, 0.6) is 0 Å². The van der Waals surface area contributed by atoms with E-state index in [1.807, 2.05) is 24.3 Å². The molecule has 1 fully saturated rings. The fraction of sp³-hybridized carbons (Fsp3) is 0.412. The Morgan fingerprint density at radius 2 is 2.10 bits per heavy atom. The van der Waals surface area contributed by atoms with E-state index in [-0.39, 0.29) is 5.56 Å². The molecule has 0 amide bonds. The zero-order valence-corrected chi connectivity index (χ0v) is 12.2. The number of nitrogens with zero attached hydrogens (tertiary/aromatic N) is 2. The smallest absolute Gasteiger partial charge is 0.337 e. The number of carboxylic acid groups (broad SMARTS) is 1. The lowest BCUT2D eigenvalue weighted by atomic mass is 9.98. The van der Waals surface area contributed by atoms with Gasteiger partial charge in [0.25, 0.3) is 0 Å². The Kier molecular flexibility index (Phi) is 3.78. The van der Waals surface area contributed by atoms with Gasteiger partial charge in [-0.1, -0.05) is 31.2 Å². The van der Waals surface area contributed by atoms with Crippen LogP contribution in [0.1, 0.15) is 43.0 Å². The molecule has 1 aromatic heterocycles. The van der Waals surface area contributed by atoms with Crippen LogP contribution in [-0.4, -0.2) is 28.6 Å². The van der Waals surface area contributed by atoms with Gasteiger partial charge in [-0.25, -0.2) is 9.78 Å². The van der Waals surface area contributed by atoms with Crippen molar-refractivity contribution >= 4 is 22.6 Å². The van der Waals surface area contributed by atoms with Crippen molar-refractivity contribution in [3.8, 4) is 0 Å². The van der Waals surface area contributed by atoms with Crippen molar-refractivity contribution in [3.63, 3.8) is 0 Å². The average Bonchev–Trinajstić information content (AvgIpc) is 2.53. The molecular weight excluding hydrogens is 264 g/mol. The van der Waals surface area contributed by atoms with E-state index in [9.17, 15) is 9.90 Å². The first-order valence-electron chi connectivity index (χ1n) is 7.60. The van der Waals surface area contributed by atoms with Crippen molar-refractivity contribution in [2.75, 3.05) is 11.4 Å². The number of carbonyl (C=O) groups is 1. The van der Waals surface area contributed by atoms with Crippen molar-refractivity contribution < 1.29 is 9.90 Å². The number of hydrogen-bond acceptors (Lipinski definition) is 3. The highest BCUT2D eigenvalue weighted by molar-refractivity contribution is 6.06. The summed E-state index contributed by atoms with van der Waals surface area (Å²) in [6.07, 6.45) is 6.22. The molecule has 21 heavy (non-hydrogen) atoms. The molecule has 1 aliphatic heterocycles. The van der Waals surface area contributed by atoms with Crippen molar-refractivity contribution in [3.05, 3.63) is 36.0 Å². The second-order valence-corrected chi connectivity index (χ2v) is 5.60.